The average Bonchev–Trinajstić information content (AvgIpc) is 2.31. The number of rotatable bonds is 6. The molecule has 1 fully saturated rings. The van der Waals surface area contributed by atoms with E-state index in [9.17, 15) is 0 Å². The molecule has 0 atom stereocenters. The first-order valence-electron chi connectivity index (χ1n) is 7.54. The maximum Gasteiger partial charge on any atom is 0.142 e. The Morgan fingerprint density at radius 2 is 1.84 bits per heavy atom. The summed E-state index contributed by atoms with van der Waals surface area (Å²) < 4.78 is 5.88. The highest BCUT2D eigenvalue weighted by Gasteiger charge is 2.31. The minimum atomic E-state index is 0.557. The Hall–Kier alpha value is -1.18. The van der Waals surface area contributed by atoms with Gasteiger partial charge in [0.15, 0.2) is 0 Å². The van der Waals surface area contributed by atoms with Crippen LogP contribution >= 0.6 is 0 Å². The topological polar surface area (TPSA) is 21.3 Å². The molecule has 0 aromatic heterocycles. The molecular formula is C17H27NO. The molecule has 19 heavy (non-hydrogen) atoms. The van der Waals surface area contributed by atoms with Gasteiger partial charge in [0.2, 0.25) is 0 Å². The van der Waals surface area contributed by atoms with Crippen LogP contribution in [-0.4, -0.2) is 12.6 Å². The van der Waals surface area contributed by atoms with Gasteiger partial charge in [-0.25, -0.2) is 0 Å². The molecule has 0 spiro atoms. The molecule has 1 aromatic rings. The number of hydrogen-bond donors (Lipinski definition) is 1. The van der Waals surface area contributed by atoms with E-state index >= 15 is 0 Å². The van der Waals surface area contributed by atoms with Crippen molar-refractivity contribution in [2.24, 2.45) is 17.8 Å². The fourth-order valence-electron chi connectivity index (χ4n) is 2.51. The van der Waals surface area contributed by atoms with Gasteiger partial charge in [0, 0.05) is 6.04 Å². The van der Waals surface area contributed by atoms with Crippen molar-refractivity contribution in [2.45, 2.75) is 46.6 Å². The molecular weight excluding hydrogens is 234 g/mol. The van der Waals surface area contributed by atoms with Crippen molar-refractivity contribution < 1.29 is 4.74 Å². The molecule has 2 heteroatoms. The Morgan fingerprint density at radius 3 is 2.47 bits per heavy atom. The SMILES string of the molecule is CC(C)COc1ccccc1NC1CC(C(C)C)C1. The van der Waals surface area contributed by atoms with E-state index in [4.69, 9.17) is 4.74 Å². The lowest BCUT2D eigenvalue weighted by Crippen LogP contribution is -2.38. The molecule has 2 nitrogen and oxygen atoms in total. The maximum atomic E-state index is 5.88. The predicted octanol–water partition coefficient (Wildman–Crippen LogP) is 4.57. The van der Waals surface area contributed by atoms with Gasteiger partial charge in [0.1, 0.15) is 5.75 Å². The first-order chi connectivity index (χ1) is 9.06. The van der Waals surface area contributed by atoms with Crippen LogP contribution in [0.4, 0.5) is 5.69 Å². The predicted molar refractivity (Wildman–Crippen MR) is 81.7 cm³/mol. The standard InChI is InChI=1S/C17H27NO/c1-12(2)11-19-17-8-6-5-7-16(17)18-15-9-14(10-15)13(3)4/h5-8,12-15,18H,9-11H2,1-4H3. The van der Waals surface area contributed by atoms with Crippen molar-refractivity contribution in [1.82, 2.24) is 0 Å². The Bertz CT molecular complexity index is 394. The zero-order chi connectivity index (χ0) is 13.8. The second kappa shape index (κ2) is 6.31. The zero-order valence-electron chi connectivity index (χ0n) is 12.6. The van der Waals surface area contributed by atoms with E-state index in [1.807, 2.05) is 6.07 Å². The monoisotopic (exact) mass is 261 g/mol. The van der Waals surface area contributed by atoms with Crippen LogP contribution in [0.15, 0.2) is 24.3 Å². The van der Waals surface area contributed by atoms with Crippen molar-refractivity contribution in [2.75, 3.05) is 11.9 Å². The Kier molecular flexibility index (Phi) is 4.73. The van der Waals surface area contributed by atoms with Gasteiger partial charge in [-0.05, 0) is 42.7 Å². The molecule has 1 N–H and O–H groups in total. The normalized spacial score (nSPS) is 22.4. The minimum Gasteiger partial charge on any atom is -0.491 e. The van der Waals surface area contributed by atoms with Crippen LogP contribution in [0.25, 0.3) is 0 Å². The van der Waals surface area contributed by atoms with Gasteiger partial charge in [-0.2, -0.15) is 0 Å². The molecule has 0 aliphatic heterocycles. The van der Waals surface area contributed by atoms with E-state index in [-0.39, 0.29) is 0 Å². The molecule has 0 heterocycles. The second-order valence-electron chi connectivity index (χ2n) is 6.52. The number of anilines is 1. The average molecular weight is 261 g/mol. The van der Waals surface area contributed by atoms with Crippen LogP contribution in [0.5, 0.6) is 5.75 Å². The van der Waals surface area contributed by atoms with Crippen LogP contribution in [0.1, 0.15) is 40.5 Å². The van der Waals surface area contributed by atoms with E-state index in [1.165, 1.54) is 12.8 Å². The molecule has 0 amide bonds. The number of hydrogen-bond acceptors (Lipinski definition) is 2. The third-order valence-electron chi connectivity index (χ3n) is 3.94. The van der Waals surface area contributed by atoms with Gasteiger partial charge in [0.25, 0.3) is 0 Å². The van der Waals surface area contributed by atoms with Gasteiger partial charge in [-0.1, -0.05) is 39.8 Å². The Balaban J connectivity index is 1.90. The van der Waals surface area contributed by atoms with Crippen molar-refractivity contribution in [3.8, 4) is 5.75 Å². The number of para-hydroxylation sites is 2. The fourth-order valence-corrected chi connectivity index (χ4v) is 2.51. The largest absolute Gasteiger partial charge is 0.491 e. The summed E-state index contributed by atoms with van der Waals surface area (Å²) in [5, 5.41) is 3.63. The second-order valence-corrected chi connectivity index (χ2v) is 6.52. The quantitative estimate of drug-likeness (QED) is 0.810. The lowest BCUT2D eigenvalue weighted by Gasteiger charge is -2.39. The summed E-state index contributed by atoms with van der Waals surface area (Å²) in [5.41, 5.74) is 1.15. The molecule has 1 aromatic carbocycles. The molecule has 1 aliphatic carbocycles. The highest BCUT2D eigenvalue weighted by Crippen LogP contribution is 2.37. The minimum absolute atomic E-state index is 0.557. The summed E-state index contributed by atoms with van der Waals surface area (Å²) in [6.45, 7) is 9.77. The molecule has 1 saturated carbocycles. The summed E-state index contributed by atoms with van der Waals surface area (Å²) >= 11 is 0. The van der Waals surface area contributed by atoms with Gasteiger partial charge < -0.3 is 10.1 Å². The molecule has 106 valence electrons. The van der Waals surface area contributed by atoms with Crippen molar-refractivity contribution in [3.63, 3.8) is 0 Å². The van der Waals surface area contributed by atoms with Crippen molar-refractivity contribution >= 4 is 5.69 Å². The highest BCUT2D eigenvalue weighted by molar-refractivity contribution is 5.57. The molecule has 0 bridgehead atoms. The van der Waals surface area contributed by atoms with Gasteiger partial charge >= 0.3 is 0 Å². The van der Waals surface area contributed by atoms with Gasteiger partial charge in [-0.3, -0.25) is 0 Å². The summed E-state index contributed by atoms with van der Waals surface area (Å²) in [6.07, 6.45) is 2.58. The van der Waals surface area contributed by atoms with Gasteiger partial charge in [-0.15, -0.1) is 0 Å². The first kappa shape index (κ1) is 14.2. The first-order valence-corrected chi connectivity index (χ1v) is 7.54. The lowest BCUT2D eigenvalue weighted by atomic mass is 9.73. The van der Waals surface area contributed by atoms with Crippen molar-refractivity contribution in [1.29, 1.82) is 0 Å². The van der Waals surface area contributed by atoms with Crippen molar-refractivity contribution in [3.05, 3.63) is 24.3 Å². The smallest absolute Gasteiger partial charge is 0.142 e. The number of ether oxygens (including phenoxy) is 1. The molecule has 0 radical (unpaired) electrons. The summed E-state index contributed by atoms with van der Waals surface area (Å²) in [7, 11) is 0. The van der Waals surface area contributed by atoms with Crippen LogP contribution in [0.3, 0.4) is 0 Å². The van der Waals surface area contributed by atoms with Crippen LogP contribution in [0.2, 0.25) is 0 Å². The van der Waals surface area contributed by atoms with Gasteiger partial charge in [0.05, 0.1) is 12.3 Å². The van der Waals surface area contributed by atoms with Crippen LogP contribution < -0.4 is 10.1 Å². The molecule has 2 rings (SSSR count). The van der Waals surface area contributed by atoms with Crippen LogP contribution in [0, 0.1) is 17.8 Å². The third kappa shape index (κ3) is 3.89. The van der Waals surface area contributed by atoms with Crippen LogP contribution in [-0.2, 0) is 0 Å². The third-order valence-corrected chi connectivity index (χ3v) is 3.94. The fraction of sp³-hybridized carbons (Fsp3) is 0.647. The maximum absolute atomic E-state index is 5.88. The van der Waals surface area contributed by atoms with E-state index in [1.54, 1.807) is 0 Å². The lowest BCUT2D eigenvalue weighted by molar-refractivity contribution is 0.211. The van der Waals surface area contributed by atoms with E-state index < -0.39 is 0 Å². The molecule has 0 saturated heterocycles. The zero-order valence-corrected chi connectivity index (χ0v) is 12.6. The summed E-state index contributed by atoms with van der Waals surface area (Å²) in [6, 6.07) is 8.92. The Morgan fingerprint density at radius 1 is 1.16 bits per heavy atom. The highest BCUT2D eigenvalue weighted by atomic mass is 16.5. The van der Waals surface area contributed by atoms with E-state index in [0.29, 0.717) is 12.0 Å². The van der Waals surface area contributed by atoms with E-state index in [0.717, 1.165) is 29.9 Å². The number of nitrogens with one attached hydrogen (secondary N) is 1. The summed E-state index contributed by atoms with van der Waals surface area (Å²) in [4.78, 5) is 0. The van der Waals surface area contributed by atoms with E-state index in [2.05, 4.69) is 51.2 Å². The summed E-state index contributed by atoms with van der Waals surface area (Å²) in [5.74, 6) is 3.25. The molecule has 0 unspecified atom stereocenters. The Labute approximate surface area is 117 Å². The number of benzene rings is 1. The molecule has 1 aliphatic rings.